The molecular weight excluding hydrogens is 471 g/mol. The standard InChI is InChI=1S/C16H21O2S2Si.3CH3.Sn/c1-16(2)9-17-15(18-10-16)13-6-5-12(20-13)11-7-14(19-8-11)21(3)4;;;;/h5-7,15,21H,9-10H2,1-4H3;3*1H3;. The Hall–Kier alpha value is 0.336. The van der Waals surface area contributed by atoms with Gasteiger partial charge in [-0.05, 0) is 0 Å². The van der Waals surface area contributed by atoms with Crippen molar-refractivity contribution in [3.05, 3.63) is 23.1 Å². The predicted molar refractivity (Wildman–Crippen MR) is 118 cm³/mol. The molecule has 2 aromatic rings. The SMILES string of the molecule is C[SiH](C)c1cc(-c2ccc(C3OCC(C)(C)CO3)s2)[c]([Sn]([CH3])([CH3])[CH3])s1. The van der Waals surface area contributed by atoms with Crippen LogP contribution in [0, 0.1) is 5.41 Å². The van der Waals surface area contributed by atoms with Gasteiger partial charge in [-0.25, -0.2) is 0 Å². The van der Waals surface area contributed by atoms with Crippen LogP contribution in [-0.4, -0.2) is 40.4 Å². The minimum atomic E-state index is -2.13. The average molecular weight is 501 g/mol. The van der Waals surface area contributed by atoms with Gasteiger partial charge in [0.05, 0.1) is 0 Å². The molecule has 25 heavy (non-hydrogen) atoms. The Labute approximate surface area is 166 Å². The zero-order valence-corrected chi connectivity index (χ0v) is 22.1. The third-order valence-electron chi connectivity index (χ3n) is 4.38. The topological polar surface area (TPSA) is 18.5 Å². The van der Waals surface area contributed by atoms with Crippen LogP contribution in [0.2, 0.25) is 27.9 Å². The first-order valence-corrected chi connectivity index (χ1v) is 23.6. The Bertz CT molecular complexity index is 733. The van der Waals surface area contributed by atoms with Gasteiger partial charge in [-0.15, -0.1) is 0 Å². The second kappa shape index (κ2) is 7.39. The Kier molecular flexibility index (Phi) is 5.94. The summed E-state index contributed by atoms with van der Waals surface area (Å²) < 4.78 is 15.3. The van der Waals surface area contributed by atoms with Gasteiger partial charge in [0.15, 0.2) is 0 Å². The molecule has 0 aromatic carbocycles. The van der Waals surface area contributed by atoms with Crippen LogP contribution in [0.3, 0.4) is 0 Å². The molecule has 2 nitrogen and oxygen atoms in total. The van der Waals surface area contributed by atoms with Crippen molar-refractivity contribution < 1.29 is 9.47 Å². The summed E-state index contributed by atoms with van der Waals surface area (Å²) in [6.45, 7) is 10.8. The Morgan fingerprint density at radius 2 is 1.72 bits per heavy atom. The summed E-state index contributed by atoms with van der Waals surface area (Å²) in [5.41, 5.74) is 1.63. The molecule has 0 aliphatic carbocycles. The summed E-state index contributed by atoms with van der Waals surface area (Å²) >= 11 is 1.84. The molecule has 2 aromatic heterocycles. The molecule has 0 N–H and O–H groups in total. The van der Waals surface area contributed by atoms with E-state index in [1.807, 2.05) is 11.3 Å². The molecule has 0 amide bonds. The molecule has 0 bridgehead atoms. The summed E-state index contributed by atoms with van der Waals surface area (Å²) in [5.74, 6) is 0. The van der Waals surface area contributed by atoms with Gasteiger partial charge in [0.2, 0.25) is 0 Å². The molecule has 138 valence electrons. The zero-order valence-electron chi connectivity index (χ0n) is 16.4. The van der Waals surface area contributed by atoms with Crippen LogP contribution in [0.25, 0.3) is 10.4 Å². The van der Waals surface area contributed by atoms with E-state index in [0.29, 0.717) is 0 Å². The van der Waals surface area contributed by atoms with E-state index in [0.717, 1.165) is 13.2 Å². The van der Waals surface area contributed by atoms with Crippen molar-refractivity contribution >= 4 is 57.2 Å². The van der Waals surface area contributed by atoms with Crippen LogP contribution in [0.5, 0.6) is 0 Å². The molecule has 0 unspecified atom stereocenters. The van der Waals surface area contributed by atoms with Crippen molar-refractivity contribution in [3.8, 4) is 10.4 Å². The number of ether oxygens (including phenoxy) is 2. The Morgan fingerprint density at radius 1 is 1.08 bits per heavy atom. The molecule has 0 radical (unpaired) electrons. The van der Waals surface area contributed by atoms with Gasteiger partial charge in [0, 0.05) is 0 Å². The maximum absolute atomic E-state index is 5.98. The first kappa shape index (κ1) is 20.1. The maximum atomic E-state index is 5.98. The quantitative estimate of drug-likeness (QED) is 0.562. The zero-order chi connectivity index (χ0) is 18.4. The van der Waals surface area contributed by atoms with E-state index < -0.39 is 27.2 Å². The van der Waals surface area contributed by atoms with Gasteiger partial charge in [-0.3, -0.25) is 0 Å². The van der Waals surface area contributed by atoms with Gasteiger partial charge < -0.3 is 0 Å². The fraction of sp³-hybridized carbons (Fsp3) is 0.579. The summed E-state index contributed by atoms with van der Waals surface area (Å²) in [6.07, 6.45) is -0.189. The number of hydrogen-bond donors (Lipinski definition) is 0. The van der Waals surface area contributed by atoms with Crippen molar-refractivity contribution in [1.29, 1.82) is 0 Å². The fourth-order valence-electron chi connectivity index (χ4n) is 2.92. The minimum absolute atomic E-state index is 0.120. The van der Waals surface area contributed by atoms with Crippen LogP contribution in [0.4, 0.5) is 0 Å². The van der Waals surface area contributed by atoms with Gasteiger partial charge in [-0.1, -0.05) is 0 Å². The van der Waals surface area contributed by atoms with Crippen molar-refractivity contribution in [1.82, 2.24) is 0 Å². The molecule has 1 saturated heterocycles. The molecule has 3 heterocycles. The van der Waals surface area contributed by atoms with Crippen molar-refractivity contribution in [2.75, 3.05) is 13.2 Å². The normalized spacial score (nSPS) is 18.9. The van der Waals surface area contributed by atoms with Crippen LogP contribution in [0.1, 0.15) is 25.0 Å². The van der Waals surface area contributed by atoms with Gasteiger partial charge in [0.25, 0.3) is 0 Å². The molecule has 0 saturated carbocycles. The molecular formula is C19H30O2S2SiSn. The summed E-state index contributed by atoms with van der Waals surface area (Å²) in [6, 6.07) is 6.98. The van der Waals surface area contributed by atoms with Gasteiger partial charge in [-0.2, -0.15) is 0 Å². The molecule has 1 aliphatic rings. The molecule has 6 heteroatoms. The number of rotatable bonds is 4. The van der Waals surface area contributed by atoms with Crippen LogP contribution < -0.4 is 7.39 Å². The first-order valence-electron chi connectivity index (χ1n) is 9.04. The number of hydrogen-bond acceptors (Lipinski definition) is 4. The second-order valence-electron chi connectivity index (χ2n) is 9.12. The first-order chi connectivity index (χ1) is 11.6. The Balaban J connectivity index is 1.90. The third kappa shape index (κ3) is 4.61. The van der Waals surface area contributed by atoms with E-state index in [1.54, 1.807) is 7.39 Å². The van der Waals surface area contributed by atoms with Crippen molar-refractivity contribution in [2.24, 2.45) is 5.41 Å². The molecule has 0 atom stereocenters. The monoisotopic (exact) mass is 502 g/mol. The molecule has 1 fully saturated rings. The Morgan fingerprint density at radius 3 is 2.28 bits per heavy atom. The van der Waals surface area contributed by atoms with E-state index in [9.17, 15) is 0 Å². The van der Waals surface area contributed by atoms with E-state index in [-0.39, 0.29) is 11.7 Å². The molecule has 0 spiro atoms. The third-order valence-corrected chi connectivity index (χ3v) is 19.0. The van der Waals surface area contributed by atoms with Crippen LogP contribution >= 0.6 is 22.7 Å². The van der Waals surface area contributed by atoms with Crippen LogP contribution in [-0.2, 0) is 9.47 Å². The summed E-state index contributed by atoms with van der Waals surface area (Å²) in [7, 11) is -0.760. The van der Waals surface area contributed by atoms with E-state index in [1.165, 1.54) is 15.3 Å². The van der Waals surface area contributed by atoms with E-state index in [4.69, 9.17) is 9.47 Å². The number of thiophene rings is 2. The second-order valence-corrected chi connectivity index (χ2v) is 30.0. The predicted octanol–water partition coefficient (Wildman–Crippen LogP) is 4.79. The average Bonchev–Trinajstić information content (AvgIpc) is 3.13. The van der Waals surface area contributed by atoms with Crippen molar-refractivity contribution in [2.45, 2.75) is 48.1 Å². The van der Waals surface area contributed by atoms with Gasteiger partial charge >= 0.3 is 167 Å². The summed E-state index contributed by atoms with van der Waals surface area (Å²) in [4.78, 5) is 10.2. The van der Waals surface area contributed by atoms with Gasteiger partial charge in [0.1, 0.15) is 0 Å². The molecule has 3 rings (SSSR count). The van der Waals surface area contributed by atoms with Crippen molar-refractivity contribution in [3.63, 3.8) is 0 Å². The molecule has 1 aliphatic heterocycles. The van der Waals surface area contributed by atoms with Crippen LogP contribution in [0.15, 0.2) is 18.2 Å². The van der Waals surface area contributed by atoms with E-state index in [2.05, 4.69) is 71.3 Å². The fourth-order valence-corrected chi connectivity index (χ4v) is 14.6. The summed E-state index contributed by atoms with van der Waals surface area (Å²) in [5, 5.41) is 0. The van der Waals surface area contributed by atoms with E-state index >= 15 is 0 Å².